The first-order chi connectivity index (χ1) is 11.2. The van der Waals surface area contributed by atoms with Crippen LogP contribution >= 0.6 is 5.69 Å². The third-order valence-electron chi connectivity index (χ3n) is 4.47. The number of ether oxygens (including phenoxy) is 1. The van der Waals surface area contributed by atoms with Gasteiger partial charge in [0, 0.05) is 12.3 Å². The molecule has 0 aromatic heterocycles. The van der Waals surface area contributed by atoms with Crippen LogP contribution in [0, 0.1) is 11.8 Å². The Balaban J connectivity index is 1.84. The first-order valence-corrected chi connectivity index (χ1v) is 14.0. The maximum absolute atomic E-state index is 10.0. The molecule has 1 N–H and O–H groups in total. The van der Waals surface area contributed by atoms with Crippen LogP contribution in [-0.2, 0) is 42.3 Å². The summed E-state index contributed by atoms with van der Waals surface area (Å²) in [6.07, 6.45) is 1.75. The van der Waals surface area contributed by atoms with E-state index in [1.807, 2.05) is 13.5 Å². The fraction of sp³-hybridized carbons (Fsp3) is 1.00. The van der Waals surface area contributed by atoms with E-state index in [4.69, 9.17) is 49.7 Å². The Bertz CT molecular complexity index is 461. The van der Waals surface area contributed by atoms with E-state index in [-0.39, 0.29) is 30.3 Å². The molecule has 2 fully saturated rings. The van der Waals surface area contributed by atoms with Crippen molar-refractivity contribution in [3.63, 3.8) is 0 Å². The summed E-state index contributed by atoms with van der Waals surface area (Å²) in [7, 11) is 4.45. The predicted molar refractivity (Wildman–Crippen MR) is 103 cm³/mol. The summed E-state index contributed by atoms with van der Waals surface area (Å²) in [6.45, 7) is 6.74. The molecule has 5 nitrogen and oxygen atoms in total. The van der Waals surface area contributed by atoms with Crippen molar-refractivity contribution in [3.05, 3.63) is 0 Å². The van der Waals surface area contributed by atoms with Gasteiger partial charge in [0.15, 0.2) is 8.91 Å². The molecular formula is C14H26BO5PS2Si-. The van der Waals surface area contributed by atoms with Crippen LogP contribution in [0.15, 0.2) is 0 Å². The van der Waals surface area contributed by atoms with Gasteiger partial charge >= 0.3 is 0 Å². The minimum Gasteiger partial charge on any atom is -0.691 e. The van der Waals surface area contributed by atoms with Crippen LogP contribution in [0.4, 0.5) is 0 Å². The summed E-state index contributed by atoms with van der Waals surface area (Å²) >= 11 is 10.8. The molecule has 24 heavy (non-hydrogen) atoms. The lowest BCUT2D eigenvalue weighted by atomic mass is 10.1. The van der Waals surface area contributed by atoms with Gasteiger partial charge in [-0.05, 0) is 25.7 Å². The van der Waals surface area contributed by atoms with E-state index in [0.717, 1.165) is 12.8 Å². The van der Waals surface area contributed by atoms with Gasteiger partial charge in [-0.3, -0.25) is 0 Å². The molecule has 7 unspecified atom stereocenters. The SMILES string of the molecule is [B][Si](C)OCC1OC(C)CC1OP(=S)([S-])OCC1CC(C)CC1O. The lowest BCUT2D eigenvalue weighted by molar-refractivity contribution is -0.00494. The second kappa shape index (κ2) is 9.33. The molecule has 7 atom stereocenters. The zero-order valence-corrected chi connectivity index (χ0v) is 17.9. The molecule has 0 aromatic carbocycles. The minimum absolute atomic E-state index is 0.0661. The van der Waals surface area contributed by atoms with Gasteiger partial charge in [-0.1, -0.05) is 25.3 Å². The smallest absolute Gasteiger partial charge is 0.151 e. The van der Waals surface area contributed by atoms with Crippen LogP contribution in [0.3, 0.4) is 0 Å². The van der Waals surface area contributed by atoms with E-state index in [1.165, 1.54) is 0 Å². The van der Waals surface area contributed by atoms with E-state index in [1.54, 1.807) is 0 Å². The van der Waals surface area contributed by atoms with Crippen LogP contribution in [-0.4, -0.2) is 59.1 Å². The van der Waals surface area contributed by atoms with E-state index in [9.17, 15) is 5.11 Å². The first kappa shape index (κ1) is 21.4. The van der Waals surface area contributed by atoms with Crippen molar-refractivity contribution in [3.8, 4) is 0 Å². The topological polar surface area (TPSA) is 57.2 Å². The van der Waals surface area contributed by atoms with Gasteiger partial charge in [0.25, 0.3) is 0 Å². The molecule has 1 saturated heterocycles. The number of aliphatic hydroxyl groups is 1. The van der Waals surface area contributed by atoms with Crippen molar-refractivity contribution in [1.29, 1.82) is 0 Å². The zero-order valence-electron chi connectivity index (χ0n) is 14.4. The van der Waals surface area contributed by atoms with Crippen molar-refractivity contribution in [1.82, 2.24) is 0 Å². The molecule has 1 aliphatic heterocycles. The molecule has 3 radical (unpaired) electrons. The Morgan fingerprint density at radius 2 is 2.04 bits per heavy atom. The van der Waals surface area contributed by atoms with Gasteiger partial charge in [0.2, 0.25) is 0 Å². The Morgan fingerprint density at radius 3 is 2.62 bits per heavy atom. The molecule has 137 valence electrons. The summed E-state index contributed by atoms with van der Waals surface area (Å²) in [5.41, 5.74) is -2.80. The van der Waals surface area contributed by atoms with Gasteiger partial charge < -0.3 is 35.6 Å². The van der Waals surface area contributed by atoms with Crippen LogP contribution in [0.5, 0.6) is 0 Å². The van der Waals surface area contributed by atoms with Crippen molar-refractivity contribution >= 4 is 46.1 Å². The fourth-order valence-corrected chi connectivity index (χ4v) is 5.77. The van der Waals surface area contributed by atoms with Crippen molar-refractivity contribution in [2.75, 3.05) is 13.2 Å². The second-order valence-electron chi connectivity index (χ2n) is 6.93. The molecular weight excluding hydrogens is 382 g/mol. The van der Waals surface area contributed by atoms with Crippen LogP contribution < -0.4 is 0 Å². The summed E-state index contributed by atoms with van der Waals surface area (Å²) in [6, 6.07) is 0. The average molecular weight is 408 g/mol. The molecule has 1 heterocycles. The highest BCUT2D eigenvalue weighted by Crippen LogP contribution is 2.50. The van der Waals surface area contributed by atoms with Gasteiger partial charge in [-0.2, -0.15) is 0 Å². The second-order valence-corrected chi connectivity index (χ2v) is 13.4. The third kappa shape index (κ3) is 6.67. The molecule has 10 heteroatoms. The maximum Gasteiger partial charge on any atom is 0.151 e. The standard InChI is InChI=1S/C14H27BO5PS2Si/c1-9-4-11(12(16)5-9)7-17-21(22,23)20-13-6-10(2)19-14(13)8-18-24(3)15/h9-14,16H,4-8H2,1-3H3,(H,22,23)/p-1. The van der Waals surface area contributed by atoms with Crippen molar-refractivity contribution in [2.24, 2.45) is 11.8 Å². The normalized spacial score (nSPS) is 39.4. The van der Waals surface area contributed by atoms with Crippen LogP contribution in [0.1, 0.15) is 33.1 Å². The van der Waals surface area contributed by atoms with E-state index in [0.29, 0.717) is 25.6 Å². The highest BCUT2D eigenvalue weighted by Gasteiger charge is 2.36. The molecule has 1 saturated carbocycles. The largest absolute Gasteiger partial charge is 0.691 e. The van der Waals surface area contributed by atoms with E-state index < -0.39 is 14.6 Å². The fourth-order valence-electron chi connectivity index (χ4n) is 3.33. The predicted octanol–water partition coefficient (Wildman–Crippen LogP) is 2.05. The van der Waals surface area contributed by atoms with Gasteiger partial charge in [-0.15, -0.1) is 0 Å². The van der Waals surface area contributed by atoms with Crippen molar-refractivity contribution < 1.29 is 23.3 Å². The summed E-state index contributed by atoms with van der Waals surface area (Å²) < 4.78 is 23.0. The van der Waals surface area contributed by atoms with Gasteiger partial charge in [-0.25, -0.2) is 0 Å². The molecule has 2 rings (SSSR count). The maximum atomic E-state index is 10.0. The lowest BCUT2D eigenvalue weighted by Gasteiger charge is -2.34. The number of aliphatic hydroxyl groups excluding tert-OH is 1. The Labute approximate surface area is 158 Å². The highest BCUT2D eigenvalue weighted by atomic mass is 32.9. The minimum atomic E-state index is -2.80. The quantitative estimate of drug-likeness (QED) is 0.375. The molecule has 0 amide bonds. The monoisotopic (exact) mass is 408 g/mol. The van der Waals surface area contributed by atoms with Crippen LogP contribution in [0.2, 0.25) is 6.55 Å². The molecule has 1 aliphatic carbocycles. The van der Waals surface area contributed by atoms with Crippen molar-refractivity contribution in [2.45, 2.75) is 64.1 Å². The van der Waals surface area contributed by atoms with Gasteiger partial charge in [0.1, 0.15) is 6.10 Å². The number of hydrogen-bond donors (Lipinski definition) is 1. The molecule has 0 spiro atoms. The third-order valence-corrected chi connectivity index (χ3v) is 7.23. The van der Waals surface area contributed by atoms with Crippen LogP contribution in [0.25, 0.3) is 0 Å². The number of rotatable bonds is 8. The summed E-state index contributed by atoms with van der Waals surface area (Å²) in [5, 5.41) is 10.0. The van der Waals surface area contributed by atoms with E-state index >= 15 is 0 Å². The Morgan fingerprint density at radius 1 is 1.33 bits per heavy atom. The highest BCUT2D eigenvalue weighted by molar-refractivity contribution is 8.51. The van der Waals surface area contributed by atoms with E-state index in [2.05, 4.69) is 6.92 Å². The first-order valence-electron chi connectivity index (χ1n) is 8.35. The summed E-state index contributed by atoms with van der Waals surface area (Å²) in [4.78, 5) is 0. The average Bonchev–Trinajstić information content (AvgIpc) is 2.95. The summed E-state index contributed by atoms with van der Waals surface area (Å²) in [5.74, 6) is 0.596. The Kier molecular flexibility index (Phi) is 8.31. The molecule has 0 aromatic rings. The Hall–Kier alpha value is 1.08. The zero-order chi connectivity index (χ0) is 17.9. The molecule has 0 bridgehead atoms. The number of hydrogen-bond acceptors (Lipinski definition) is 7. The molecule has 2 aliphatic rings. The lowest BCUT2D eigenvalue weighted by Crippen LogP contribution is -2.31. The van der Waals surface area contributed by atoms with Gasteiger partial charge in [0.05, 0.1) is 44.7 Å².